The van der Waals surface area contributed by atoms with Crippen LogP contribution in [0.4, 0.5) is 0 Å². The van der Waals surface area contributed by atoms with Crippen molar-refractivity contribution in [2.45, 2.75) is 32.6 Å². The molecular formula is C17H17NOS. The Hall–Kier alpha value is -1.58. The standard InChI is InChI=1S/C17H17NOS/c1-11-10-18-14-7-4-3-6-13(14)12(2)16(18)17(19-11)15-8-5-9-20-15/h3-9,11,17H,10H2,1-2H3/t11-,17+/m0/s1. The number of para-hydroxylation sites is 1. The summed E-state index contributed by atoms with van der Waals surface area (Å²) in [5.41, 5.74) is 4.01. The van der Waals surface area contributed by atoms with Crippen LogP contribution in [0.15, 0.2) is 41.8 Å². The van der Waals surface area contributed by atoms with Gasteiger partial charge in [0.05, 0.1) is 11.8 Å². The molecule has 0 radical (unpaired) electrons. The minimum Gasteiger partial charge on any atom is -0.362 e. The van der Waals surface area contributed by atoms with Crippen molar-refractivity contribution in [3.63, 3.8) is 0 Å². The highest BCUT2D eigenvalue weighted by atomic mass is 32.1. The lowest BCUT2D eigenvalue weighted by atomic mass is 10.1. The van der Waals surface area contributed by atoms with Gasteiger partial charge in [-0.1, -0.05) is 24.3 Å². The van der Waals surface area contributed by atoms with E-state index >= 15 is 0 Å². The van der Waals surface area contributed by atoms with Gasteiger partial charge in [0.2, 0.25) is 0 Å². The van der Waals surface area contributed by atoms with E-state index in [1.807, 2.05) is 0 Å². The van der Waals surface area contributed by atoms with Gasteiger partial charge in [0.1, 0.15) is 6.10 Å². The summed E-state index contributed by atoms with van der Waals surface area (Å²) in [7, 11) is 0. The molecule has 1 aliphatic rings. The van der Waals surface area contributed by atoms with Gasteiger partial charge < -0.3 is 9.30 Å². The predicted molar refractivity (Wildman–Crippen MR) is 83.4 cm³/mol. The molecule has 3 heteroatoms. The van der Waals surface area contributed by atoms with Crippen molar-refractivity contribution in [1.82, 2.24) is 4.57 Å². The van der Waals surface area contributed by atoms with E-state index in [4.69, 9.17) is 4.74 Å². The van der Waals surface area contributed by atoms with Gasteiger partial charge in [-0.2, -0.15) is 0 Å². The molecular weight excluding hydrogens is 266 g/mol. The van der Waals surface area contributed by atoms with Crippen LogP contribution in [-0.4, -0.2) is 10.7 Å². The molecule has 2 aromatic heterocycles. The monoisotopic (exact) mass is 283 g/mol. The van der Waals surface area contributed by atoms with E-state index in [0.29, 0.717) is 0 Å². The first kappa shape index (κ1) is 12.2. The first-order chi connectivity index (χ1) is 9.75. The van der Waals surface area contributed by atoms with Gasteiger partial charge in [0.15, 0.2) is 0 Å². The molecule has 3 heterocycles. The first-order valence-corrected chi connectivity index (χ1v) is 7.90. The number of nitrogens with zero attached hydrogens (tertiary/aromatic N) is 1. The lowest BCUT2D eigenvalue weighted by molar-refractivity contribution is -0.0128. The quantitative estimate of drug-likeness (QED) is 0.640. The number of aromatic nitrogens is 1. The second-order valence-corrected chi connectivity index (χ2v) is 6.46. The SMILES string of the molecule is Cc1c2n(c3ccccc13)C[C@H](C)O[C@@H]2c1cccs1. The van der Waals surface area contributed by atoms with Gasteiger partial charge >= 0.3 is 0 Å². The highest BCUT2D eigenvalue weighted by molar-refractivity contribution is 7.10. The maximum atomic E-state index is 6.26. The molecule has 0 aliphatic carbocycles. The molecule has 0 N–H and O–H groups in total. The third-order valence-electron chi connectivity index (χ3n) is 4.13. The summed E-state index contributed by atoms with van der Waals surface area (Å²) >= 11 is 1.78. The molecule has 102 valence electrons. The van der Waals surface area contributed by atoms with Crippen molar-refractivity contribution in [3.05, 3.63) is 57.9 Å². The van der Waals surface area contributed by atoms with Crippen molar-refractivity contribution >= 4 is 22.2 Å². The second-order valence-electron chi connectivity index (χ2n) is 5.48. The highest BCUT2D eigenvalue weighted by Gasteiger charge is 2.31. The Morgan fingerprint density at radius 3 is 2.85 bits per heavy atom. The summed E-state index contributed by atoms with van der Waals surface area (Å²) in [6, 6.07) is 12.9. The van der Waals surface area contributed by atoms with E-state index in [2.05, 4.69) is 60.2 Å². The first-order valence-electron chi connectivity index (χ1n) is 7.02. The van der Waals surface area contributed by atoms with Crippen LogP contribution in [0.1, 0.15) is 29.2 Å². The molecule has 20 heavy (non-hydrogen) atoms. The van der Waals surface area contributed by atoms with Gasteiger partial charge in [-0.05, 0) is 36.9 Å². The Balaban J connectivity index is 2.01. The van der Waals surface area contributed by atoms with E-state index in [1.165, 1.54) is 27.0 Å². The van der Waals surface area contributed by atoms with Gasteiger partial charge in [-0.3, -0.25) is 0 Å². The molecule has 0 fully saturated rings. The normalized spacial score (nSPS) is 22.1. The topological polar surface area (TPSA) is 14.2 Å². The summed E-state index contributed by atoms with van der Waals surface area (Å²) in [5.74, 6) is 0. The summed E-state index contributed by atoms with van der Waals surface area (Å²) in [6.45, 7) is 5.31. The number of rotatable bonds is 1. The van der Waals surface area contributed by atoms with E-state index in [0.717, 1.165) is 6.54 Å². The highest BCUT2D eigenvalue weighted by Crippen LogP contribution is 2.40. The average Bonchev–Trinajstić information content (AvgIpc) is 3.07. The van der Waals surface area contributed by atoms with Crippen LogP contribution in [0.3, 0.4) is 0 Å². The number of benzene rings is 1. The molecule has 0 unspecified atom stereocenters. The maximum absolute atomic E-state index is 6.26. The maximum Gasteiger partial charge on any atom is 0.132 e. The molecule has 0 saturated heterocycles. The predicted octanol–water partition coefficient (Wildman–Crippen LogP) is 4.52. The smallest absolute Gasteiger partial charge is 0.132 e. The molecule has 3 aromatic rings. The molecule has 0 amide bonds. The van der Waals surface area contributed by atoms with Crippen molar-refractivity contribution in [3.8, 4) is 0 Å². The van der Waals surface area contributed by atoms with Crippen molar-refractivity contribution < 1.29 is 4.74 Å². The number of hydrogen-bond donors (Lipinski definition) is 0. The third-order valence-corrected chi connectivity index (χ3v) is 5.05. The van der Waals surface area contributed by atoms with Crippen LogP contribution in [-0.2, 0) is 11.3 Å². The Kier molecular flexibility index (Phi) is 2.72. The number of fused-ring (bicyclic) bond motifs is 3. The van der Waals surface area contributed by atoms with Gasteiger partial charge in [0.25, 0.3) is 0 Å². The largest absolute Gasteiger partial charge is 0.362 e. The Bertz CT molecular complexity index is 757. The lowest BCUT2D eigenvalue weighted by Crippen LogP contribution is -2.28. The number of aryl methyl sites for hydroxylation is 1. The molecule has 0 saturated carbocycles. The minimum absolute atomic E-state index is 0.0751. The van der Waals surface area contributed by atoms with Crippen LogP contribution in [0.5, 0.6) is 0 Å². The zero-order valence-electron chi connectivity index (χ0n) is 11.7. The van der Waals surface area contributed by atoms with Crippen LogP contribution < -0.4 is 0 Å². The van der Waals surface area contributed by atoms with E-state index in [1.54, 1.807) is 11.3 Å². The van der Waals surface area contributed by atoms with Crippen molar-refractivity contribution in [2.24, 2.45) is 0 Å². The number of hydrogen-bond acceptors (Lipinski definition) is 2. The van der Waals surface area contributed by atoms with E-state index in [9.17, 15) is 0 Å². The number of ether oxygens (including phenoxy) is 1. The Morgan fingerprint density at radius 2 is 2.05 bits per heavy atom. The average molecular weight is 283 g/mol. The Labute approximate surface area is 122 Å². The summed E-state index contributed by atoms with van der Waals surface area (Å²) in [4.78, 5) is 1.30. The Morgan fingerprint density at radius 1 is 1.20 bits per heavy atom. The molecule has 0 bridgehead atoms. The summed E-state index contributed by atoms with van der Waals surface area (Å²) in [5, 5.41) is 3.47. The third kappa shape index (κ3) is 1.67. The van der Waals surface area contributed by atoms with Crippen LogP contribution in [0, 0.1) is 6.92 Å². The fourth-order valence-corrected chi connectivity index (χ4v) is 4.03. The fraction of sp³-hybridized carbons (Fsp3) is 0.294. The van der Waals surface area contributed by atoms with Gasteiger partial charge in [0, 0.05) is 22.3 Å². The molecule has 0 spiro atoms. The second kappa shape index (κ2) is 4.47. The fourth-order valence-electron chi connectivity index (χ4n) is 3.27. The molecule has 2 nitrogen and oxygen atoms in total. The van der Waals surface area contributed by atoms with Crippen LogP contribution in [0.25, 0.3) is 10.9 Å². The van der Waals surface area contributed by atoms with Gasteiger partial charge in [-0.25, -0.2) is 0 Å². The van der Waals surface area contributed by atoms with E-state index in [-0.39, 0.29) is 12.2 Å². The zero-order chi connectivity index (χ0) is 13.7. The lowest BCUT2D eigenvalue weighted by Gasteiger charge is -2.30. The van der Waals surface area contributed by atoms with Crippen LogP contribution >= 0.6 is 11.3 Å². The molecule has 1 aromatic carbocycles. The van der Waals surface area contributed by atoms with Crippen molar-refractivity contribution in [2.75, 3.05) is 0 Å². The minimum atomic E-state index is 0.0751. The molecule has 4 rings (SSSR count). The van der Waals surface area contributed by atoms with Gasteiger partial charge in [-0.15, -0.1) is 11.3 Å². The summed E-state index contributed by atoms with van der Waals surface area (Å²) in [6.07, 6.45) is 0.316. The number of thiophene rings is 1. The van der Waals surface area contributed by atoms with Crippen molar-refractivity contribution in [1.29, 1.82) is 0 Å². The summed E-state index contributed by atoms with van der Waals surface area (Å²) < 4.78 is 8.70. The molecule has 1 aliphatic heterocycles. The van der Waals surface area contributed by atoms with Crippen LogP contribution in [0.2, 0.25) is 0 Å². The zero-order valence-corrected chi connectivity index (χ0v) is 12.5. The van der Waals surface area contributed by atoms with E-state index < -0.39 is 0 Å². The molecule has 2 atom stereocenters.